The van der Waals surface area contributed by atoms with Crippen LogP contribution in [0.15, 0.2) is 54.7 Å². The number of nitrogen functional groups attached to an aromatic ring is 1. The Bertz CT molecular complexity index is 1020. The summed E-state index contributed by atoms with van der Waals surface area (Å²) in [5.74, 6) is -0.178. The summed E-state index contributed by atoms with van der Waals surface area (Å²) in [4.78, 5) is 14.5. The summed E-state index contributed by atoms with van der Waals surface area (Å²) in [6.45, 7) is 0. The molecule has 0 unspecified atom stereocenters. The van der Waals surface area contributed by atoms with Crippen molar-refractivity contribution in [3.63, 3.8) is 0 Å². The standard InChI is InChI=1S/C20H20N4O2S.ClH/c1-26-18(25)11-4-13-2-5-14(6-3-13)17-12-24(20(27)23-17)16-9-7-15(8-10-16)19(21)22;/h2-3,5-10,12H,4,11H2,1H3,(H3,21,22)(H,23,27);1H. The van der Waals surface area contributed by atoms with Crippen LogP contribution in [0.25, 0.3) is 16.9 Å². The number of esters is 1. The number of H-pyrrole nitrogens is 1. The van der Waals surface area contributed by atoms with Gasteiger partial charge in [-0.25, -0.2) is 0 Å². The molecule has 3 rings (SSSR count). The number of halogens is 1. The Morgan fingerprint density at radius 3 is 2.39 bits per heavy atom. The second kappa shape index (κ2) is 9.34. The van der Waals surface area contributed by atoms with Crippen LogP contribution in [0.3, 0.4) is 0 Å². The average molecular weight is 417 g/mol. The first-order valence-corrected chi connectivity index (χ1v) is 8.81. The maximum atomic E-state index is 11.2. The van der Waals surface area contributed by atoms with Gasteiger partial charge in [-0.3, -0.25) is 14.8 Å². The number of nitrogens with two attached hydrogens (primary N) is 1. The Kier molecular flexibility index (Phi) is 7.14. The topological polar surface area (TPSA) is 96.9 Å². The van der Waals surface area contributed by atoms with E-state index in [9.17, 15) is 4.79 Å². The molecule has 0 bridgehead atoms. The van der Waals surface area contributed by atoms with Crippen LogP contribution in [0.1, 0.15) is 17.5 Å². The lowest BCUT2D eigenvalue weighted by molar-refractivity contribution is -0.140. The van der Waals surface area contributed by atoms with Crippen molar-refractivity contribution >= 4 is 36.4 Å². The highest BCUT2D eigenvalue weighted by molar-refractivity contribution is 7.71. The van der Waals surface area contributed by atoms with Gasteiger partial charge in [0, 0.05) is 23.9 Å². The number of aryl methyl sites for hydroxylation is 1. The molecule has 0 aliphatic rings. The molecule has 8 heteroatoms. The Morgan fingerprint density at radius 2 is 1.82 bits per heavy atom. The normalized spacial score (nSPS) is 10.2. The third-order valence-corrected chi connectivity index (χ3v) is 4.58. The molecule has 0 amide bonds. The van der Waals surface area contributed by atoms with Crippen LogP contribution in [-0.2, 0) is 16.0 Å². The second-order valence-electron chi connectivity index (χ2n) is 6.08. The lowest BCUT2D eigenvalue weighted by Crippen LogP contribution is -2.10. The minimum atomic E-state index is -0.212. The fourth-order valence-corrected chi connectivity index (χ4v) is 3.00. The number of ether oxygens (including phenoxy) is 1. The van der Waals surface area contributed by atoms with E-state index in [-0.39, 0.29) is 24.2 Å². The number of imidazole rings is 1. The van der Waals surface area contributed by atoms with Gasteiger partial charge in [0.15, 0.2) is 4.77 Å². The molecule has 1 heterocycles. The van der Waals surface area contributed by atoms with Gasteiger partial charge in [0.05, 0.1) is 12.8 Å². The molecule has 0 fully saturated rings. The molecule has 4 N–H and O–H groups in total. The highest BCUT2D eigenvalue weighted by Gasteiger charge is 2.07. The van der Waals surface area contributed by atoms with Crippen molar-refractivity contribution < 1.29 is 9.53 Å². The van der Waals surface area contributed by atoms with Crippen molar-refractivity contribution in [3.8, 4) is 16.9 Å². The predicted molar refractivity (Wildman–Crippen MR) is 115 cm³/mol. The number of nitrogens with one attached hydrogen (secondary N) is 2. The van der Waals surface area contributed by atoms with Crippen LogP contribution in [-0.4, -0.2) is 28.5 Å². The minimum Gasteiger partial charge on any atom is -0.469 e. The van der Waals surface area contributed by atoms with E-state index in [4.69, 9.17) is 23.4 Å². The van der Waals surface area contributed by atoms with E-state index in [2.05, 4.69) is 9.72 Å². The predicted octanol–water partition coefficient (Wildman–Crippen LogP) is 4.01. The lowest BCUT2D eigenvalue weighted by Gasteiger charge is -2.04. The summed E-state index contributed by atoms with van der Waals surface area (Å²) in [6, 6.07) is 15.3. The van der Waals surface area contributed by atoms with Crippen molar-refractivity contribution in [3.05, 3.63) is 70.6 Å². The molecule has 28 heavy (non-hydrogen) atoms. The van der Waals surface area contributed by atoms with Crippen LogP contribution in [0.4, 0.5) is 0 Å². The van der Waals surface area contributed by atoms with Gasteiger partial charge >= 0.3 is 5.97 Å². The zero-order chi connectivity index (χ0) is 19.4. The molecule has 146 valence electrons. The van der Waals surface area contributed by atoms with Crippen molar-refractivity contribution in [2.45, 2.75) is 12.8 Å². The highest BCUT2D eigenvalue weighted by Crippen LogP contribution is 2.21. The molecule has 3 aromatic rings. The Labute approximate surface area is 174 Å². The van der Waals surface area contributed by atoms with E-state index in [1.807, 2.05) is 47.2 Å². The number of aromatic nitrogens is 2. The van der Waals surface area contributed by atoms with Crippen LogP contribution in [0, 0.1) is 10.2 Å². The summed E-state index contributed by atoms with van der Waals surface area (Å²) >= 11 is 5.44. The molecular formula is C20H21ClN4O2S. The van der Waals surface area contributed by atoms with Crippen molar-refractivity contribution in [2.24, 2.45) is 5.73 Å². The number of benzene rings is 2. The Hall–Kier alpha value is -2.90. The maximum Gasteiger partial charge on any atom is 0.305 e. The van der Waals surface area contributed by atoms with Gasteiger partial charge in [-0.05, 0) is 54.0 Å². The van der Waals surface area contributed by atoms with Gasteiger partial charge in [-0.15, -0.1) is 12.4 Å². The number of aromatic amines is 1. The fraction of sp³-hybridized carbons (Fsp3) is 0.150. The number of carbonyl (C=O) groups excluding carboxylic acids is 1. The molecule has 2 aromatic carbocycles. The average Bonchev–Trinajstić information content (AvgIpc) is 3.08. The van der Waals surface area contributed by atoms with E-state index >= 15 is 0 Å². The minimum absolute atomic E-state index is 0. The molecule has 0 aliphatic carbocycles. The first-order chi connectivity index (χ1) is 13.0. The zero-order valence-corrected chi connectivity index (χ0v) is 16.9. The number of nitrogens with zero attached hydrogens (tertiary/aromatic N) is 1. The van der Waals surface area contributed by atoms with Crippen molar-refractivity contribution in [1.82, 2.24) is 9.55 Å². The molecular weight excluding hydrogens is 396 g/mol. The van der Waals surface area contributed by atoms with Crippen LogP contribution < -0.4 is 5.73 Å². The number of carbonyl (C=O) groups is 1. The van der Waals surface area contributed by atoms with Crippen LogP contribution >= 0.6 is 24.6 Å². The Morgan fingerprint density at radius 1 is 1.18 bits per heavy atom. The highest BCUT2D eigenvalue weighted by atomic mass is 35.5. The molecule has 1 aromatic heterocycles. The van der Waals surface area contributed by atoms with E-state index in [0.717, 1.165) is 22.5 Å². The van der Waals surface area contributed by atoms with E-state index < -0.39 is 0 Å². The van der Waals surface area contributed by atoms with Gasteiger partial charge in [0.25, 0.3) is 0 Å². The first-order valence-electron chi connectivity index (χ1n) is 8.40. The number of amidine groups is 1. The number of hydrogen-bond donors (Lipinski definition) is 3. The lowest BCUT2D eigenvalue weighted by atomic mass is 10.1. The van der Waals surface area contributed by atoms with E-state index in [0.29, 0.717) is 23.2 Å². The second-order valence-corrected chi connectivity index (χ2v) is 6.46. The summed E-state index contributed by atoms with van der Waals surface area (Å²) in [5.41, 5.74) is 10.0. The molecule has 0 saturated heterocycles. The van der Waals surface area contributed by atoms with E-state index in [1.165, 1.54) is 7.11 Å². The third-order valence-electron chi connectivity index (χ3n) is 4.29. The van der Waals surface area contributed by atoms with Crippen molar-refractivity contribution in [1.29, 1.82) is 5.41 Å². The summed E-state index contributed by atoms with van der Waals surface area (Å²) in [5, 5.41) is 7.47. The molecule has 0 saturated carbocycles. The fourth-order valence-electron chi connectivity index (χ4n) is 2.73. The van der Waals surface area contributed by atoms with Crippen LogP contribution in [0.2, 0.25) is 0 Å². The molecule has 0 aliphatic heterocycles. The quantitative estimate of drug-likeness (QED) is 0.245. The number of methoxy groups -OCH3 is 1. The van der Waals surface area contributed by atoms with Gasteiger partial charge in [-0.1, -0.05) is 24.3 Å². The molecule has 0 radical (unpaired) electrons. The van der Waals surface area contributed by atoms with Gasteiger partial charge in [0.2, 0.25) is 0 Å². The summed E-state index contributed by atoms with van der Waals surface area (Å²) in [7, 11) is 1.39. The monoisotopic (exact) mass is 416 g/mol. The zero-order valence-electron chi connectivity index (χ0n) is 15.3. The molecule has 6 nitrogen and oxygen atoms in total. The van der Waals surface area contributed by atoms with Gasteiger partial charge in [0.1, 0.15) is 5.84 Å². The number of rotatable bonds is 6. The Balaban J connectivity index is 0.00000280. The third kappa shape index (κ3) is 4.88. The first kappa shape index (κ1) is 21.4. The summed E-state index contributed by atoms with van der Waals surface area (Å²) in [6.07, 6.45) is 2.95. The van der Waals surface area contributed by atoms with Gasteiger partial charge < -0.3 is 15.5 Å². The molecule has 0 spiro atoms. The SMILES string of the molecule is COC(=O)CCc1ccc(-c2cn(-c3ccc(C(=N)N)cc3)c(=S)[nH]2)cc1.Cl. The summed E-state index contributed by atoms with van der Waals surface area (Å²) < 4.78 is 7.12. The van der Waals surface area contributed by atoms with Crippen LogP contribution in [0.5, 0.6) is 0 Å². The smallest absolute Gasteiger partial charge is 0.305 e. The van der Waals surface area contributed by atoms with E-state index in [1.54, 1.807) is 12.1 Å². The van der Waals surface area contributed by atoms with Crippen molar-refractivity contribution in [2.75, 3.05) is 7.11 Å². The largest absolute Gasteiger partial charge is 0.469 e. The van der Waals surface area contributed by atoms with Gasteiger partial charge in [-0.2, -0.15) is 0 Å². The maximum absolute atomic E-state index is 11.2. The number of hydrogen-bond acceptors (Lipinski definition) is 4. The molecule has 0 atom stereocenters.